The maximum atomic E-state index is 12.7. The number of aromatic nitrogens is 2. The van der Waals surface area contributed by atoms with Crippen LogP contribution in [0.15, 0.2) is 70.8 Å². The molecule has 146 valence electrons. The minimum absolute atomic E-state index is 0.00177. The van der Waals surface area contributed by atoms with Crippen LogP contribution in [0.1, 0.15) is 20.7 Å². The number of benzene rings is 2. The van der Waals surface area contributed by atoms with Crippen molar-refractivity contribution < 1.29 is 9.59 Å². The molecule has 3 heterocycles. The highest BCUT2D eigenvalue weighted by Crippen LogP contribution is 2.30. The molecule has 0 bridgehead atoms. The number of carbonyl (C=O) groups excluding carboxylic acids is 2. The maximum absolute atomic E-state index is 12.7. The Balaban J connectivity index is 1.60. The molecule has 2 aromatic carbocycles. The molecular formula is C22H14N4O3S. The number of nitrogens with zero attached hydrogens (tertiary/aromatic N) is 2. The first kappa shape index (κ1) is 18.0. The molecule has 30 heavy (non-hydrogen) atoms. The molecule has 1 aliphatic heterocycles. The molecule has 2 amide bonds. The number of rotatable bonds is 3. The van der Waals surface area contributed by atoms with Crippen molar-refractivity contribution >= 4 is 29.0 Å². The smallest absolute Gasteiger partial charge is 0.262 e. The number of hydrogen-bond acceptors (Lipinski definition) is 6. The van der Waals surface area contributed by atoms with E-state index in [1.54, 1.807) is 18.2 Å². The van der Waals surface area contributed by atoms with Gasteiger partial charge in [0.05, 0.1) is 22.5 Å². The molecule has 0 spiro atoms. The van der Waals surface area contributed by atoms with E-state index < -0.39 is 17.4 Å². The lowest BCUT2D eigenvalue weighted by Crippen LogP contribution is -2.24. The monoisotopic (exact) mass is 414 g/mol. The molecule has 3 N–H and O–H groups in total. The topological polar surface area (TPSA) is 107 Å². The molecule has 2 aromatic heterocycles. The Morgan fingerprint density at radius 3 is 2.47 bits per heavy atom. The number of imide groups is 1. The lowest BCUT2D eigenvalue weighted by Gasteiger charge is -2.12. The Kier molecular flexibility index (Phi) is 4.07. The summed E-state index contributed by atoms with van der Waals surface area (Å²) in [5.74, 6) is -1.29. The predicted molar refractivity (Wildman–Crippen MR) is 115 cm³/mol. The minimum atomic E-state index is -0.615. The first-order valence-corrected chi connectivity index (χ1v) is 9.94. The van der Waals surface area contributed by atoms with Gasteiger partial charge in [0.1, 0.15) is 10.8 Å². The predicted octanol–water partition coefficient (Wildman–Crippen LogP) is 3.09. The normalized spacial score (nSPS) is 12.7. The molecule has 0 unspecified atom stereocenters. The molecule has 0 atom stereocenters. The summed E-state index contributed by atoms with van der Waals surface area (Å²) >= 11 is 1.53. The highest BCUT2D eigenvalue weighted by molar-refractivity contribution is 7.13. The Hall–Kier alpha value is -4.04. The summed E-state index contributed by atoms with van der Waals surface area (Å²) < 4.78 is 1.23. The van der Waals surface area contributed by atoms with Crippen molar-refractivity contribution in [2.24, 2.45) is 0 Å². The van der Waals surface area contributed by atoms with Gasteiger partial charge in [-0.2, -0.15) is 0 Å². The van der Waals surface area contributed by atoms with Gasteiger partial charge in [-0.05, 0) is 12.1 Å². The number of amides is 2. The summed E-state index contributed by atoms with van der Waals surface area (Å²) in [4.78, 5) is 41.3. The molecule has 8 heteroatoms. The highest BCUT2D eigenvalue weighted by Gasteiger charge is 2.31. The molecule has 1 aliphatic rings. The summed E-state index contributed by atoms with van der Waals surface area (Å²) in [6.45, 7) is 0. The van der Waals surface area contributed by atoms with Crippen LogP contribution in [-0.2, 0) is 0 Å². The van der Waals surface area contributed by atoms with Gasteiger partial charge in [-0.1, -0.05) is 42.5 Å². The van der Waals surface area contributed by atoms with E-state index in [4.69, 9.17) is 10.7 Å². The number of hydrogen-bond donors (Lipinski definition) is 2. The lowest BCUT2D eigenvalue weighted by molar-refractivity contribution is 0.0880. The zero-order valence-electron chi connectivity index (χ0n) is 15.5. The van der Waals surface area contributed by atoms with E-state index in [0.29, 0.717) is 5.69 Å². The van der Waals surface area contributed by atoms with Crippen LogP contribution in [0.4, 0.5) is 5.82 Å². The Morgan fingerprint density at radius 2 is 1.67 bits per heavy atom. The quantitative estimate of drug-likeness (QED) is 0.501. The minimum Gasteiger partial charge on any atom is -0.384 e. The zero-order valence-corrected chi connectivity index (χ0v) is 16.3. The molecule has 0 fully saturated rings. The molecule has 0 aliphatic carbocycles. The fourth-order valence-electron chi connectivity index (χ4n) is 3.47. The number of thiazole rings is 1. The third-order valence-electron chi connectivity index (χ3n) is 4.88. The fourth-order valence-corrected chi connectivity index (χ4v) is 4.30. The van der Waals surface area contributed by atoms with Crippen LogP contribution in [0.2, 0.25) is 0 Å². The van der Waals surface area contributed by atoms with Crippen molar-refractivity contribution in [1.29, 1.82) is 0 Å². The molecule has 0 saturated heterocycles. The van der Waals surface area contributed by atoms with Gasteiger partial charge in [0.15, 0.2) is 0 Å². The maximum Gasteiger partial charge on any atom is 0.262 e. The van der Waals surface area contributed by atoms with Crippen LogP contribution >= 0.6 is 11.3 Å². The Bertz CT molecular complexity index is 1390. The van der Waals surface area contributed by atoms with Gasteiger partial charge in [0, 0.05) is 22.6 Å². The summed E-state index contributed by atoms with van der Waals surface area (Å²) in [6, 6.07) is 18.2. The molecule has 4 aromatic rings. The van der Waals surface area contributed by atoms with Crippen LogP contribution in [0, 0.1) is 0 Å². The fraction of sp³-hybridized carbons (Fsp3) is 0. The third kappa shape index (κ3) is 2.82. The van der Waals surface area contributed by atoms with Gasteiger partial charge in [0.25, 0.3) is 17.4 Å². The van der Waals surface area contributed by atoms with Gasteiger partial charge in [0.2, 0.25) is 0 Å². The standard InChI is InChI=1S/C22H14N4O3S/c23-19-18-15(20(28)25-21(18)29)10-17(27)26(19)14-8-4-7-13(9-14)16-11-30-22(24-16)12-5-2-1-3-6-12/h1-11H,23H2,(H,25,28,29). The molecule has 0 saturated carbocycles. The van der Waals surface area contributed by atoms with E-state index in [2.05, 4.69) is 5.32 Å². The van der Waals surface area contributed by atoms with E-state index in [9.17, 15) is 14.4 Å². The first-order chi connectivity index (χ1) is 14.5. The SMILES string of the molecule is Nc1c2c(cc(=O)n1-c1cccc(-c3csc(-c4ccccc4)n3)c1)C(=O)NC2=O. The van der Waals surface area contributed by atoms with Crippen molar-refractivity contribution in [2.75, 3.05) is 5.73 Å². The Morgan fingerprint density at radius 1 is 0.900 bits per heavy atom. The lowest BCUT2D eigenvalue weighted by atomic mass is 10.1. The van der Waals surface area contributed by atoms with E-state index in [1.807, 2.05) is 41.8 Å². The van der Waals surface area contributed by atoms with Crippen molar-refractivity contribution in [3.63, 3.8) is 0 Å². The van der Waals surface area contributed by atoms with Crippen LogP contribution < -0.4 is 16.6 Å². The highest BCUT2D eigenvalue weighted by atomic mass is 32.1. The van der Waals surface area contributed by atoms with Crippen LogP contribution in [0.25, 0.3) is 27.5 Å². The van der Waals surface area contributed by atoms with Gasteiger partial charge in [-0.15, -0.1) is 11.3 Å². The number of carbonyl (C=O) groups is 2. The van der Waals surface area contributed by atoms with Crippen LogP contribution in [-0.4, -0.2) is 21.4 Å². The summed E-state index contributed by atoms with van der Waals surface area (Å²) in [5.41, 5.74) is 8.74. The first-order valence-electron chi connectivity index (χ1n) is 9.06. The Labute approximate surface area is 174 Å². The molecule has 0 radical (unpaired) electrons. The number of pyridine rings is 1. The number of fused-ring (bicyclic) bond motifs is 1. The number of nitrogens with one attached hydrogen (secondary N) is 1. The van der Waals surface area contributed by atoms with Crippen molar-refractivity contribution in [3.05, 3.63) is 87.5 Å². The van der Waals surface area contributed by atoms with Crippen molar-refractivity contribution in [1.82, 2.24) is 14.9 Å². The second-order valence-electron chi connectivity index (χ2n) is 6.73. The molecular weight excluding hydrogens is 400 g/mol. The summed E-state index contributed by atoms with van der Waals surface area (Å²) in [6.07, 6.45) is 0. The van der Waals surface area contributed by atoms with E-state index >= 15 is 0 Å². The average molecular weight is 414 g/mol. The largest absolute Gasteiger partial charge is 0.384 e. The van der Waals surface area contributed by atoms with Gasteiger partial charge in [-0.3, -0.25) is 24.3 Å². The summed E-state index contributed by atoms with van der Waals surface area (Å²) in [7, 11) is 0. The van der Waals surface area contributed by atoms with Gasteiger partial charge >= 0.3 is 0 Å². The van der Waals surface area contributed by atoms with E-state index in [0.717, 1.165) is 27.9 Å². The molecule has 7 nitrogen and oxygen atoms in total. The number of anilines is 1. The number of nitrogens with two attached hydrogens (primary N) is 1. The van der Waals surface area contributed by atoms with Crippen LogP contribution in [0.3, 0.4) is 0 Å². The van der Waals surface area contributed by atoms with Gasteiger partial charge < -0.3 is 5.73 Å². The van der Waals surface area contributed by atoms with Crippen molar-refractivity contribution in [2.45, 2.75) is 0 Å². The second-order valence-corrected chi connectivity index (χ2v) is 7.59. The van der Waals surface area contributed by atoms with Gasteiger partial charge in [-0.25, -0.2) is 4.98 Å². The zero-order chi connectivity index (χ0) is 20.8. The van der Waals surface area contributed by atoms with Crippen molar-refractivity contribution in [3.8, 4) is 27.5 Å². The number of nitrogen functional groups attached to an aromatic ring is 1. The molecule has 5 rings (SSSR count). The van der Waals surface area contributed by atoms with E-state index in [-0.39, 0.29) is 16.9 Å². The third-order valence-corrected chi connectivity index (χ3v) is 5.77. The second kappa shape index (κ2) is 6.78. The summed E-state index contributed by atoms with van der Waals surface area (Å²) in [5, 5.41) is 5.00. The van der Waals surface area contributed by atoms with Crippen LogP contribution in [0.5, 0.6) is 0 Å². The average Bonchev–Trinajstić information content (AvgIpc) is 3.34. The van der Waals surface area contributed by atoms with E-state index in [1.165, 1.54) is 15.9 Å².